The van der Waals surface area contributed by atoms with Gasteiger partial charge in [0, 0.05) is 0 Å². The fourth-order valence-corrected chi connectivity index (χ4v) is 0.812. The van der Waals surface area contributed by atoms with Gasteiger partial charge in [-0.05, 0) is 19.3 Å². The highest BCUT2D eigenvalue weighted by atomic mass is 16.4. The van der Waals surface area contributed by atoms with E-state index in [4.69, 9.17) is 5.11 Å². The van der Waals surface area contributed by atoms with Crippen LogP contribution in [-0.2, 0) is 4.79 Å². The zero-order chi connectivity index (χ0) is 9.99. The molecule has 0 aliphatic heterocycles. The van der Waals surface area contributed by atoms with Crippen LogP contribution < -0.4 is 0 Å². The molecule has 0 aromatic heterocycles. The van der Waals surface area contributed by atoms with Crippen molar-refractivity contribution in [3.8, 4) is 11.8 Å². The molecule has 0 bridgehead atoms. The molecule has 0 aliphatic carbocycles. The van der Waals surface area contributed by atoms with E-state index < -0.39 is 11.4 Å². The summed E-state index contributed by atoms with van der Waals surface area (Å²) in [5.41, 5.74) is -1.30. The van der Waals surface area contributed by atoms with E-state index in [2.05, 4.69) is 11.8 Å². The molecule has 2 nitrogen and oxygen atoms in total. The Morgan fingerprint density at radius 3 is 1.75 bits per heavy atom. The van der Waals surface area contributed by atoms with E-state index in [1.54, 1.807) is 13.8 Å². The van der Waals surface area contributed by atoms with Gasteiger partial charge in [0.1, 0.15) is 5.41 Å². The van der Waals surface area contributed by atoms with Crippen molar-refractivity contribution in [2.75, 3.05) is 0 Å². The van der Waals surface area contributed by atoms with Gasteiger partial charge in [-0.15, -0.1) is 5.92 Å². The van der Waals surface area contributed by atoms with Crippen molar-refractivity contribution in [2.24, 2.45) is 10.8 Å². The molecule has 1 N–H and O–H groups in total. The molecule has 12 heavy (non-hydrogen) atoms. The van der Waals surface area contributed by atoms with Gasteiger partial charge in [0.25, 0.3) is 0 Å². The van der Waals surface area contributed by atoms with Crippen LogP contribution in [0.4, 0.5) is 0 Å². The molecule has 0 radical (unpaired) electrons. The summed E-state index contributed by atoms with van der Waals surface area (Å²) in [6.07, 6.45) is 0. The molecule has 0 aromatic carbocycles. The van der Waals surface area contributed by atoms with E-state index in [1.165, 1.54) is 0 Å². The first-order chi connectivity index (χ1) is 5.25. The molecule has 0 saturated carbocycles. The maximum Gasteiger partial charge on any atom is 0.322 e. The van der Waals surface area contributed by atoms with Crippen LogP contribution in [0.25, 0.3) is 0 Å². The molecular weight excluding hydrogens is 152 g/mol. The summed E-state index contributed by atoms with van der Waals surface area (Å²) < 4.78 is 0. The monoisotopic (exact) mass is 168 g/mol. The Labute approximate surface area is 74.0 Å². The predicted octanol–water partition coefficient (Wildman–Crippen LogP) is 2.15. The van der Waals surface area contributed by atoms with Gasteiger partial charge < -0.3 is 5.11 Å². The molecule has 2 heteroatoms. The third-order valence-corrected chi connectivity index (χ3v) is 2.30. The average molecular weight is 168 g/mol. The molecule has 0 saturated heterocycles. The van der Waals surface area contributed by atoms with Crippen LogP contribution in [0.15, 0.2) is 0 Å². The zero-order valence-electron chi connectivity index (χ0n) is 8.36. The van der Waals surface area contributed by atoms with E-state index in [-0.39, 0.29) is 5.41 Å². The Hall–Kier alpha value is -0.970. The van der Waals surface area contributed by atoms with Crippen molar-refractivity contribution in [3.05, 3.63) is 0 Å². The molecule has 68 valence electrons. The highest BCUT2D eigenvalue weighted by Crippen LogP contribution is 2.37. The second-order valence-electron chi connectivity index (χ2n) is 4.06. The number of aliphatic carboxylic acids is 1. The summed E-state index contributed by atoms with van der Waals surface area (Å²) in [7, 11) is 0. The first-order valence-electron chi connectivity index (χ1n) is 3.93. The Bertz CT molecular complexity index is 237. The van der Waals surface area contributed by atoms with Gasteiger partial charge in [0.2, 0.25) is 0 Å². The fourth-order valence-electron chi connectivity index (χ4n) is 0.812. The van der Waals surface area contributed by atoms with Crippen LogP contribution in [0.1, 0.15) is 34.6 Å². The van der Waals surface area contributed by atoms with Crippen LogP contribution in [0.5, 0.6) is 0 Å². The van der Waals surface area contributed by atoms with E-state index >= 15 is 0 Å². The van der Waals surface area contributed by atoms with Crippen LogP contribution in [0, 0.1) is 22.7 Å². The lowest BCUT2D eigenvalue weighted by molar-refractivity contribution is -0.149. The summed E-state index contributed by atoms with van der Waals surface area (Å²) in [5, 5.41) is 9.00. The Balaban J connectivity index is 5.11. The minimum atomic E-state index is -0.957. The number of carboxylic acid groups (broad SMARTS) is 1. The molecule has 0 aromatic rings. The minimum absolute atomic E-state index is 0.345. The highest BCUT2D eigenvalue weighted by Gasteiger charge is 2.43. The molecule has 0 heterocycles. The maximum absolute atomic E-state index is 11.0. The summed E-state index contributed by atoms with van der Waals surface area (Å²) in [6.45, 7) is 8.96. The number of hydrogen-bond donors (Lipinski definition) is 1. The lowest BCUT2D eigenvalue weighted by Gasteiger charge is -2.33. The zero-order valence-corrected chi connectivity index (χ0v) is 8.36. The fraction of sp³-hybridized carbons (Fsp3) is 0.700. The van der Waals surface area contributed by atoms with E-state index in [9.17, 15) is 4.79 Å². The number of hydrogen-bond acceptors (Lipinski definition) is 1. The van der Waals surface area contributed by atoms with Gasteiger partial charge in [0.05, 0.1) is 0 Å². The Morgan fingerprint density at radius 1 is 1.25 bits per heavy atom. The SMILES string of the molecule is CC#CC(C)(C(=O)O)C(C)(C)C. The molecule has 0 aliphatic rings. The second-order valence-corrected chi connectivity index (χ2v) is 4.06. The summed E-state index contributed by atoms with van der Waals surface area (Å²) >= 11 is 0. The lowest BCUT2D eigenvalue weighted by atomic mass is 9.68. The van der Waals surface area contributed by atoms with Gasteiger partial charge in [-0.3, -0.25) is 4.79 Å². The van der Waals surface area contributed by atoms with Gasteiger partial charge in [0.15, 0.2) is 0 Å². The van der Waals surface area contributed by atoms with Gasteiger partial charge in [-0.2, -0.15) is 0 Å². The third kappa shape index (κ3) is 1.79. The van der Waals surface area contributed by atoms with Crippen molar-refractivity contribution in [1.82, 2.24) is 0 Å². The predicted molar refractivity (Wildman–Crippen MR) is 48.6 cm³/mol. The highest BCUT2D eigenvalue weighted by molar-refractivity contribution is 5.79. The second kappa shape index (κ2) is 3.18. The first-order valence-corrected chi connectivity index (χ1v) is 3.93. The quantitative estimate of drug-likeness (QED) is 0.609. The number of carboxylic acids is 1. The maximum atomic E-state index is 11.0. The average Bonchev–Trinajstić information content (AvgIpc) is 1.85. The minimum Gasteiger partial charge on any atom is -0.480 e. The Morgan fingerprint density at radius 2 is 1.67 bits per heavy atom. The molecule has 1 unspecified atom stereocenters. The molecule has 0 rings (SSSR count). The number of carbonyl (C=O) groups is 1. The lowest BCUT2D eigenvalue weighted by Crippen LogP contribution is -2.39. The largest absolute Gasteiger partial charge is 0.480 e. The van der Waals surface area contributed by atoms with Crippen LogP contribution in [-0.4, -0.2) is 11.1 Å². The van der Waals surface area contributed by atoms with Crippen LogP contribution >= 0.6 is 0 Å². The van der Waals surface area contributed by atoms with Gasteiger partial charge in [-0.25, -0.2) is 0 Å². The van der Waals surface area contributed by atoms with Crippen molar-refractivity contribution in [3.63, 3.8) is 0 Å². The molecular formula is C10H16O2. The molecule has 1 atom stereocenters. The normalized spacial score (nSPS) is 15.8. The number of rotatable bonds is 1. The standard InChI is InChI=1S/C10H16O2/c1-6-7-10(5,8(11)12)9(2,3)4/h1-5H3,(H,11,12). The van der Waals surface area contributed by atoms with Crippen LogP contribution in [0.2, 0.25) is 0 Å². The molecule has 0 amide bonds. The summed E-state index contributed by atoms with van der Waals surface area (Å²) in [4.78, 5) is 11.0. The van der Waals surface area contributed by atoms with Crippen molar-refractivity contribution in [2.45, 2.75) is 34.6 Å². The van der Waals surface area contributed by atoms with Crippen molar-refractivity contribution < 1.29 is 9.90 Å². The van der Waals surface area contributed by atoms with Crippen LogP contribution in [0.3, 0.4) is 0 Å². The summed E-state index contributed by atoms with van der Waals surface area (Å²) in [6, 6.07) is 0. The Kier molecular flexibility index (Phi) is 2.93. The van der Waals surface area contributed by atoms with E-state index in [0.29, 0.717) is 0 Å². The first kappa shape index (κ1) is 11.0. The van der Waals surface area contributed by atoms with E-state index in [1.807, 2.05) is 20.8 Å². The molecule has 0 spiro atoms. The molecule has 0 fully saturated rings. The van der Waals surface area contributed by atoms with Gasteiger partial charge >= 0.3 is 5.97 Å². The smallest absolute Gasteiger partial charge is 0.322 e. The van der Waals surface area contributed by atoms with Gasteiger partial charge in [-0.1, -0.05) is 26.7 Å². The van der Waals surface area contributed by atoms with Crippen molar-refractivity contribution >= 4 is 5.97 Å². The summed E-state index contributed by atoms with van der Waals surface area (Å²) in [5.74, 6) is 4.56. The third-order valence-electron chi connectivity index (χ3n) is 2.30. The topological polar surface area (TPSA) is 37.3 Å². The van der Waals surface area contributed by atoms with E-state index in [0.717, 1.165) is 0 Å². The van der Waals surface area contributed by atoms with Crippen molar-refractivity contribution in [1.29, 1.82) is 0 Å².